The zero-order valence-corrected chi connectivity index (χ0v) is 13.1. The largest absolute Gasteiger partial charge is 0.510 e. The van der Waals surface area contributed by atoms with Gasteiger partial charge >= 0.3 is 0 Å². The minimum absolute atomic E-state index is 0.211. The quantitative estimate of drug-likeness (QED) is 0.888. The van der Waals surface area contributed by atoms with Gasteiger partial charge in [0.1, 0.15) is 16.6 Å². The van der Waals surface area contributed by atoms with E-state index in [1.54, 1.807) is 23.3 Å². The van der Waals surface area contributed by atoms with Crippen LogP contribution in [0.5, 0.6) is 0 Å². The third-order valence-electron chi connectivity index (χ3n) is 3.24. The van der Waals surface area contributed by atoms with Crippen LogP contribution >= 0.6 is 22.7 Å². The number of amidine groups is 1. The van der Waals surface area contributed by atoms with Gasteiger partial charge in [0.15, 0.2) is 0 Å². The van der Waals surface area contributed by atoms with Gasteiger partial charge in [-0.3, -0.25) is 5.41 Å². The van der Waals surface area contributed by atoms with Crippen LogP contribution in [0.3, 0.4) is 0 Å². The number of methoxy groups -OCH3 is 1. The highest BCUT2D eigenvalue weighted by Gasteiger charge is 2.29. The summed E-state index contributed by atoms with van der Waals surface area (Å²) in [7, 11) is 1.63. The molecular weight excluding hydrogens is 306 g/mol. The van der Waals surface area contributed by atoms with Crippen molar-refractivity contribution in [2.75, 3.05) is 26.8 Å². The zero-order valence-electron chi connectivity index (χ0n) is 11.5. The summed E-state index contributed by atoms with van der Waals surface area (Å²) in [4.78, 5) is 7.45. The van der Waals surface area contributed by atoms with Crippen LogP contribution in [0.1, 0.15) is 5.01 Å². The summed E-state index contributed by atoms with van der Waals surface area (Å²) in [5, 5.41) is 23.0. The maximum Gasteiger partial charge on any atom is 0.135 e. The lowest BCUT2D eigenvalue weighted by molar-refractivity contribution is 0.177. The van der Waals surface area contributed by atoms with E-state index in [2.05, 4.69) is 4.98 Å². The van der Waals surface area contributed by atoms with Crippen molar-refractivity contribution in [1.82, 2.24) is 9.88 Å². The number of ether oxygens (including phenoxy) is 1. The molecule has 2 aromatic heterocycles. The van der Waals surface area contributed by atoms with E-state index in [-0.39, 0.29) is 5.76 Å². The minimum atomic E-state index is 0.211. The first-order valence-corrected chi connectivity index (χ1v) is 8.21. The summed E-state index contributed by atoms with van der Waals surface area (Å²) in [5.41, 5.74) is 1.44. The number of thiophene rings is 1. The Bertz CT molecular complexity index is 676. The molecule has 0 unspecified atom stereocenters. The van der Waals surface area contributed by atoms with Gasteiger partial charge in [0.05, 0.1) is 29.3 Å². The molecule has 0 saturated carbocycles. The SMILES string of the molecule is COCCN1CC(O)=C(c2nc(-c3cccs3)cs2)C1=N. The first kappa shape index (κ1) is 14.2. The summed E-state index contributed by atoms with van der Waals surface area (Å²) in [6, 6.07) is 4.00. The molecule has 21 heavy (non-hydrogen) atoms. The molecule has 0 atom stereocenters. The van der Waals surface area contributed by atoms with Gasteiger partial charge in [-0.2, -0.15) is 0 Å². The van der Waals surface area contributed by atoms with Crippen LogP contribution in [0.4, 0.5) is 0 Å². The Morgan fingerprint density at radius 2 is 2.33 bits per heavy atom. The van der Waals surface area contributed by atoms with Gasteiger partial charge in [-0.15, -0.1) is 22.7 Å². The molecule has 3 rings (SSSR count). The van der Waals surface area contributed by atoms with E-state index in [1.165, 1.54) is 11.3 Å². The summed E-state index contributed by atoms with van der Waals surface area (Å²) in [5.74, 6) is 0.528. The van der Waals surface area contributed by atoms with Crippen molar-refractivity contribution in [2.24, 2.45) is 0 Å². The van der Waals surface area contributed by atoms with Crippen LogP contribution in [0.2, 0.25) is 0 Å². The van der Waals surface area contributed by atoms with E-state index in [0.717, 1.165) is 10.6 Å². The Morgan fingerprint density at radius 1 is 1.48 bits per heavy atom. The van der Waals surface area contributed by atoms with E-state index in [0.29, 0.717) is 36.1 Å². The molecule has 0 amide bonds. The molecule has 5 nitrogen and oxygen atoms in total. The number of rotatable bonds is 5. The minimum Gasteiger partial charge on any atom is -0.510 e. The number of aliphatic hydroxyl groups is 1. The van der Waals surface area contributed by atoms with Crippen LogP contribution in [0.25, 0.3) is 16.1 Å². The van der Waals surface area contributed by atoms with Gasteiger partial charge in [-0.05, 0) is 11.4 Å². The number of nitrogens with one attached hydrogen (secondary N) is 1. The molecule has 3 heterocycles. The van der Waals surface area contributed by atoms with Crippen molar-refractivity contribution in [3.63, 3.8) is 0 Å². The molecule has 2 N–H and O–H groups in total. The third kappa shape index (κ3) is 2.72. The van der Waals surface area contributed by atoms with Gasteiger partial charge < -0.3 is 14.7 Å². The second kappa shape index (κ2) is 5.97. The maximum absolute atomic E-state index is 10.1. The summed E-state index contributed by atoms with van der Waals surface area (Å²) < 4.78 is 5.03. The number of nitrogens with zero attached hydrogens (tertiary/aromatic N) is 2. The van der Waals surface area contributed by atoms with Crippen molar-refractivity contribution in [3.8, 4) is 10.6 Å². The fraction of sp³-hybridized carbons (Fsp3) is 0.286. The van der Waals surface area contributed by atoms with Crippen molar-refractivity contribution in [2.45, 2.75) is 0 Å². The van der Waals surface area contributed by atoms with E-state index in [1.807, 2.05) is 22.9 Å². The van der Waals surface area contributed by atoms with Crippen LogP contribution in [0.15, 0.2) is 28.7 Å². The maximum atomic E-state index is 10.1. The number of thiazole rings is 1. The van der Waals surface area contributed by atoms with Crippen LogP contribution in [0, 0.1) is 5.41 Å². The van der Waals surface area contributed by atoms with Crippen molar-refractivity contribution < 1.29 is 9.84 Å². The molecule has 0 spiro atoms. The van der Waals surface area contributed by atoms with E-state index in [9.17, 15) is 5.11 Å². The van der Waals surface area contributed by atoms with Gasteiger partial charge in [0.25, 0.3) is 0 Å². The fourth-order valence-corrected chi connectivity index (χ4v) is 3.82. The second-order valence-electron chi connectivity index (χ2n) is 4.60. The Labute approximate surface area is 130 Å². The lowest BCUT2D eigenvalue weighted by Crippen LogP contribution is -2.29. The first-order valence-electron chi connectivity index (χ1n) is 6.45. The molecule has 0 radical (unpaired) electrons. The predicted molar refractivity (Wildman–Crippen MR) is 86.2 cm³/mol. The Balaban J connectivity index is 1.83. The van der Waals surface area contributed by atoms with Crippen LogP contribution in [-0.4, -0.2) is 47.6 Å². The first-order chi connectivity index (χ1) is 10.2. The summed E-state index contributed by atoms with van der Waals surface area (Å²) >= 11 is 3.09. The standard InChI is InChI=1S/C14H15N3O2S2/c1-19-5-4-17-7-10(18)12(13(17)15)14-16-9(8-21-14)11-3-2-6-20-11/h2-3,6,8,15,18H,4-5,7H2,1H3. The summed E-state index contributed by atoms with van der Waals surface area (Å²) in [6.07, 6.45) is 0. The number of hydrogen-bond donors (Lipinski definition) is 2. The van der Waals surface area contributed by atoms with Crippen molar-refractivity contribution in [3.05, 3.63) is 33.7 Å². The third-order valence-corrected chi connectivity index (χ3v) is 4.99. The van der Waals surface area contributed by atoms with E-state index in [4.69, 9.17) is 10.1 Å². The Hall–Kier alpha value is -1.70. The highest BCUT2D eigenvalue weighted by atomic mass is 32.1. The molecule has 0 bridgehead atoms. The average molecular weight is 321 g/mol. The number of aromatic nitrogens is 1. The normalized spacial score (nSPS) is 15.3. The molecule has 0 aliphatic carbocycles. The smallest absolute Gasteiger partial charge is 0.135 e. The second-order valence-corrected chi connectivity index (χ2v) is 6.41. The average Bonchev–Trinajstić information content (AvgIpc) is 3.17. The van der Waals surface area contributed by atoms with Gasteiger partial charge in [-0.1, -0.05) is 6.07 Å². The number of hydrogen-bond acceptors (Lipinski definition) is 6. The van der Waals surface area contributed by atoms with Crippen molar-refractivity contribution >= 4 is 34.1 Å². The molecule has 0 aromatic carbocycles. The predicted octanol–water partition coefficient (Wildman–Crippen LogP) is 3.08. The molecular formula is C14H15N3O2S2. The molecule has 110 valence electrons. The zero-order chi connectivity index (χ0) is 14.8. The lowest BCUT2D eigenvalue weighted by Gasteiger charge is -2.17. The Morgan fingerprint density at radius 3 is 3.05 bits per heavy atom. The topological polar surface area (TPSA) is 69.4 Å². The highest BCUT2D eigenvalue weighted by molar-refractivity contribution is 7.14. The van der Waals surface area contributed by atoms with E-state index >= 15 is 0 Å². The van der Waals surface area contributed by atoms with E-state index < -0.39 is 0 Å². The Kier molecular flexibility index (Phi) is 4.05. The molecule has 7 heteroatoms. The number of aliphatic hydroxyl groups excluding tert-OH is 1. The highest BCUT2D eigenvalue weighted by Crippen LogP contribution is 2.33. The fourth-order valence-electron chi connectivity index (χ4n) is 2.18. The lowest BCUT2D eigenvalue weighted by atomic mass is 10.2. The molecule has 0 fully saturated rings. The molecule has 1 aliphatic heterocycles. The van der Waals surface area contributed by atoms with Gasteiger partial charge in [-0.25, -0.2) is 4.98 Å². The van der Waals surface area contributed by atoms with Crippen LogP contribution in [-0.2, 0) is 4.74 Å². The summed E-state index contributed by atoms with van der Waals surface area (Å²) in [6.45, 7) is 1.47. The van der Waals surface area contributed by atoms with Crippen LogP contribution < -0.4 is 0 Å². The van der Waals surface area contributed by atoms with Crippen molar-refractivity contribution in [1.29, 1.82) is 5.41 Å². The molecule has 0 saturated heterocycles. The molecule has 1 aliphatic rings. The molecule has 2 aromatic rings. The van der Waals surface area contributed by atoms with Gasteiger partial charge in [0, 0.05) is 19.0 Å². The van der Waals surface area contributed by atoms with Gasteiger partial charge in [0.2, 0.25) is 0 Å². The monoisotopic (exact) mass is 321 g/mol.